The number of fused-ring (bicyclic) bond motifs is 1. The van der Waals surface area contributed by atoms with E-state index in [1.807, 2.05) is 0 Å². The fraction of sp³-hybridized carbons (Fsp3) is 0.143. The van der Waals surface area contributed by atoms with E-state index in [0.29, 0.717) is 11.2 Å². The van der Waals surface area contributed by atoms with Crippen molar-refractivity contribution < 1.29 is 9.52 Å². The Morgan fingerprint density at radius 2 is 2.50 bits per heavy atom. The van der Waals surface area contributed by atoms with Gasteiger partial charge < -0.3 is 9.52 Å². The zero-order chi connectivity index (χ0) is 8.55. The van der Waals surface area contributed by atoms with E-state index < -0.39 is 0 Å². The molecular formula is C7H6N2O2S. The van der Waals surface area contributed by atoms with Gasteiger partial charge in [-0.05, 0) is 24.4 Å². The van der Waals surface area contributed by atoms with Crippen LogP contribution >= 0.6 is 12.2 Å². The third-order valence-corrected chi connectivity index (χ3v) is 1.87. The second-order valence-electron chi connectivity index (χ2n) is 2.26. The molecular weight excluding hydrogens is 176 g/mol. The third-order valence-electron chi connectivity index (χ3n) is 1.57. The van der Waals surface area contributed by atoms with Crippen LogP contribution in [0.2, 0.25) is 0 Å². The zero-order valence-electron chi connectivity index (χ0n) is 6.10. The first kappa shape index (κ1) is 7.45. The molecule has 0 saturated carbocycles. The summed E-state index contributed by atoms with van der Waals surface area (Å²) in [5, 5.41) is 8.90. The molecule has 0 radical (unpaired) electrons. The van der Waals surface area contributed by atoms with Crippen LogP contribution in [0.25, 0.3) is 11.2 Å². The Kier molecular flexibility index (Phi) is 1.67. The molecule has 0 aliphatic rings. The number of hydrogen-bond acceptors (Lipinski definition) is 4. The molecule has 0 unspecified atom stereocenters. The van der Waals surface area contributed by atoms with Crippen molar-refractivity contribution in [3.05, 3.63) is 23.2 Å². The Morgan fingerprint density at radius 3 is 3.25 bits per heavy atom. The molecule has 0 aromatic carbocycles. The van der Waals surface area contributed by atoms with E-state index in [0.717, 1.165) is 0 Å². The molecule has 4 nitrogen and oxygen atoms in total. The second kappa shape index (κ2) is 2.69. The molecule has 12 heavy (non-hydrogen) atoms. The second-order valence-corrected chi connectivity index (χ2v) is 2.61. The molecule has 2 rings (SSSR count). The van der Waals surface area contributed by atoms with E-state index in [9.17, 15) is 0 Å². The number of aromatic nitrogens is 2. The van der Waals surface area contributed by atoms with Crippen LogP contribution in [0.3, 0.4) is 0 Å². The summed E-state index contributed by atoms with van der Waals surface area (Å²) in [5.74, 6) is 0. The van der Waals surface area contributed by atoms with Gasteiger partial charge in [-0.25, -0.2) is 4.98 Å². The Bertz CT molecular complexity index is 460. The monoisotopic (exact) mass is 182 g/mol. The van der Waals surface area contributed by atoms with Crippen molar-refractivity contribution in [2.24, 2.45) is 0 Å². The van der Waals surface area contributed by atoms with Gasteiger partial charge in [0.1, 0.15) is 6.73 Å². The van der Waals surface area contributed by atoms with Crippen molar-refractivity contribution in [2.45, 2.75) is 6.73 Å². The van der Waals surface area contributed by atoms with Crippen molar-refractivity contribution in [3.8, 4) is 0 Å². The number of pyridine rings is 1. The quantitative estimate of drug-likeness (QED) is 0.675. The molecule has 0 spiro atoms. The van der Waals surface area contributed by atoms with E-state index in [2.05, 4.69) is 4.98 Å². The Hall–Kier alpha value is -1.20. The smallest absolute Gasteiger partial charge is 0.272 e. The maximum absolute atomic E-state index is 8.90. The molecule has 0 aliphatic carbocycles. The highest BCUT2D eigenvalue weighted by molar-refractivity contribution is 7.71. The molecule has 5 heteroatoms. The van der Waals surface area contributed by atoms with Crippen LogP contribution in [0.5, 0.6) is 0 Å². The van der Waals surface area contributed by atoms with E-state index in [-0.39, 0.29) is 11.6 Å². The highest BCUT2D eigenvalue weighted by Gasteiger charge is 2.04. The summed E-state index contributed by atoms with van der Waals surface area (Å²) in [6, 6.07) is 3.51. The molecule has 0 aliphatic heterocycles. The molecule has 0 atom stereocenters. The number of aliphatic hydroxyl groups excluding tert-OH is 1. The van der Waals surface area contributed by atoms with Crippen LogP contribution in [0.1, 0.15) is 0 Å². The van der Waals surface area contributed by atoms with Crippen LogP contribution in [0.15, 0.2) is 22.7 Å². The first-order chi connectivity index (χ1) is 5.83. The number of oxazole rings is 1. The van der Waals surface area contributed by atoms with Gasteiger partial charge in [-0.2, -0.15) is 0 Å². The van der Waals surface area contributed by atoms with Crippen LogP contribution in [0.4, 0.5) is 0 Å². The number of nitrogens with zero attached hydrogens (tertiary/aromatic N) is 2. The maximum Gasteiger partial charge on any atom is 0.272 e. The van der Waals surface area contributed by atoms with Crippen LogP contribution in [0, 0.1) is 4.84 Å². The standard InChI is InChI=1S/C7H6N2O2S/c10-4-9-6-5(11-7(9)12)2-1-3-8-6/h1-3,10H,4H2. The average Bonchev–Trinajstić information content (AvgIpc) is 2.40. The lowest BCUT2D eigenvalue weighted by molar-refractivity contribution is 0.207. The van der Waals surface area contributed by atoms with Crippen molar-refractivity contribution in [1.82, 2.24) is 9.55 Å². The van der Waals surface area contributed by atoms with Crippen molar-refractivity contribution in [3.63, 3.8) is 0 Å². The van der Waals surface area contributed by atoms with E-state index in [1.165, 1.54) is 4.57 Å². The van der Waals surface area contributed by atoms with Gasteiger partial charge in [0.25, 0.3) is 4.84 Å². The largest absolute Gasteiger partial charge is 0.427 e. The maximum atomic E-state index is 8.90. The molecule has 0 amide bonds. The predicted molar refractivity (Wildman–Crippen MR) is 45.1 cm³/mol. The fourth-order valence-corrected chi connectivity index (χ4v) is 1.26. The lowest BCUT2D eigenvalue weighted by Gasteiger charge is -1.92. The molecule has 2 aromatic heterocycles. The van der Waals surface area contributed by atoms with Crippen LogP contribution in [-0.2, 0) is 6.73 Å². The number of rotatable bonds is 1. The minimum Gasteiger partial charge on any atom is -0.427 e. The van der Waals surface area contributed by atoms with Crippen molar-refractivity contribution in [2.75, 3.05) is 0 Å². The minimum absolute atomic E-state index is 0.206. The first-order valence-electron chi connectivity index (χ1n) is 3.38. The summed E-state index contributed by atoms with van der Waals surface area (Å²) < 4.78 is 6.57. The highest BCUT2D eigenvalue weighted by atomic mass is 32.1. The highest BCUT2D eigenvalue weighted by Crippen LogP contribution is 2.13. The van der Waals surface area contributed by atoms with Gasteiger partial charge in [-0.3, -0.25) is 4.57 Å². The van der Waals surface area contributed by atoms with Gasteiger partial charge >= 0.3 is 0 Å². The molecule has 62 valence electrons. The zero-order valence-corrected chi connectivity index (χ0v) is 6.91. The summed E-state index contributed by atoms with van der Waals surface area (Å²) in [5.41, 5.74) is 1.17. The Balaban J connectivity index is 2.91. The minimum atomic E-state index is -0.206. The van der Waals surface area contributed by atoms with Crippen LogP contribution in [-0.4, -0.2) is 14.7 Å². The van der Waals surface area contributed by atoms with E-state index >= 15 is 0 Å². The van der Waals surface area contributed by atoms with E-state index in [1.54, 1.807) is 18.3 Å². The average molecular weight is 182 g/mol. The summed E-state index contributed by atoms with van der Waals surface area (Å²) in [6.45, 7) is -0.206. The predicted octanol–water partition coefficient (Wildman–Crippen LogP) is 1.31. The molecule has 0 saturated heterocycles. The van der Waals surface area contributed by atoms with E-state index in [4.69, 9.17) is 21.7 Å². The summed E-state index contributed by atoms with van der Waals surface area (Å²) in [7, 11) is 0. The summed E-state index contributed by atoms with van der Waals surface area (Å²) >= 11 is 4.85. The Morgan fingerprint density at radius 1 is 1.67 bits per heavy atom. The molecule has 0 fully saturated rings. The molecule has 1 N–H and O–H groups in total. The molecule has 0 bridgehead atoms. The molecule has 2 heterocycles. The number of hydrogen-bond donors (Lipinski definition) is 1. The van der Waals surface area contributed by atoms with Gasteiger partial charge in [0, 0.05) is 6.20 Å². The van der Waals surface area contributed by atoms with Gasteiger partial charge in [-0.15, -0.1) is 0 Å². The lowest BCUT2D eigenvalue weighted by atomic mass is 10.5. The number of aliphatic hydroxyl groups is 1. The third kappa shape index (κ3) is 0.945. The lowest BCUT2D eigenvalue weighted by Crippen LogP contribution is -1.96. The van der Waals surface area contributed by atoms with Gasteiger partial charge in [0.15, 0.2) is 11.2 Å². The van der Waals surface area contributed by atoms with Crippen molar-refractivity contribution >= 4 is 23.4 Å². The Labute approximate surface area is 73.1 Å². The van der Waals surface area contributed by atoms with Gasteiger partial charge in [0.05, 0.1) is 0 Å². The summed E-state index contributed by atoms with van der Waals surface area (Å²) in [4.78, 5) is 4.26. The van der Waals surface area contributed by atoms with Gasteiger partial charge in [-0.1, -0.05) is 0 Å². The summed E-state index contributed by atoms with van der Waals surface area (Å²) in [6.07, 6.45) is 1.62. The fourth-order valence-electron chi connectivity index (χ4n) is 1.02. The molecule has 2 aromatic rings. The topological polar surface area (TPSA) is 51.2 Å². The normalized spacial score (nSPS) is 10.8. The SMILES string of the molecule is OCn1c(=S)oc2cccnc21. The first-order valence-corrected chi connectivity index (χ1v) is 3.79. The van der Waals surface area contributed by atoms with Crippen molar-refractivity contribution in [1.29, 1.82) is 0 Å². The van der Waals surface area contributed by atoms with Gasteiger partial charge in [0.2, 0.25) is 0 Å². The van der Waals surface area contributed by atoms with Crippen LogP contribution < -0.4 is 0 Å².